The molecule has 1 aromatic rings. The zero-order chi connectivity index (χ0) is 14.8. The highest BCUT2D eigenvalue weighted by Gasteiger charge is 2.32. The summed E-state index contributed by atoms with van der Waals surface area (Å²) in [7, 11) is 0. The van der Waals surface area contributed by atoms with Gasteiger partial charge in [-0.3, -0.25) is 9.69 Å². The molecule has 0 bridgehead atoms. The number of hydrogen-bond acceptors (Lipinski definition) is 3. The first-order chi connectivity index (χ1) is 10.1. The summed E-state index contributed by atoms with van der Waals surface area (Å²) in [4.78, 5) is 14.6. The Balaban J connectivity index is 1.55. The largest absolute Gasteiger partial charge is 0.373 e. The molecule has 0 saturated carbocycles. The second kappa shape index (κ2) is 6.53. The van der Waals surface area contributed by atoms with Crippen molar-refractivity contribution in [2.75, 3.05) is 26.2 Å². The lowest BCUT2D eigenvalue weighted by atomic mass is 10.1. The first-order valence-electron chi connectivity index (χ1n) is 7.22. The lowest BCUT2D eigenvalue weighted by Crippen LogP contribution is -2.50. The topological polar surface area (TPSA) is 41.6 Å². The number of benzene rings is 1. The van der Waals surface area contributed by atoms with E-state index in [2.05, 4.69) is 10.2 Å². The van der Waals surface area contributed by atoms with E-state index in [9.17, 15) is 4.79 Å². The van der Waals surface area contributed by atoms with Crippen molar-refractivity contribution >= 4 is 29.1 Å². The van der Waals surface area contributed by atoms with Gasteiger partial charge in [0.25, 0.3) is 5.91 Å². The summed E-state index contributed by atoms with van der Waals surface area (Å²) >= 11 is 11.9. The molecule has 2 aliphatic rings. The van der Waals surface area contributed by atoms with E-state index in [0.717, 1.165) is 19.7 Å². The molecule has 2 aliphatic heterocycles. The summed E-state index contributed by atoms with van der Waals surface area (Å²) in [5, 5.41) is 3.79. The molecule has 1 amide bonds. The number of morpholine rings is 1. The van der Waals surface area contributed by atoms with Gasteiger partial charge in [-0.25, -0.2) is 0 Å². The van der Waals surface area contributed by atoms with E-state index < -0.39 is 0 Å². The minimum atomic E-state index is -0.213. The van der Waals surface area contributed by atoms with E-state index in [1.54, 1.807) is 18.2 Å². The maximum atomic E-state index is 12.2. The molecule has 3 rings (SSSR count). The van der Waals surface area contributed by atoms with Crippen LogP contribution in [0.4, 0.5) is 0 Å². The highest BCUT2D eigenvalue weighted by Crippen LogP contribution is 2.23. The van der Waals surface area contributed by atoms with Crippen molar-refractivity contribution in [2.45, 2.75) is 25.0 Å². The maximum absolute atomic E-state index is 12.2. The minimum absolute atomic E-state index is 0.0428. The molecule has 1 aromatic carbocycles. The van der Waals surface area contributed by atoms with Gasteiger partial charge in [-0.1, -0.05) is 23.2 Å². The van der Waals surface area contributed by atoms with Crippen LogP contribution in [0.1, 0.15) is 23.2 Å². The monoisotopic (exact) mass is 328 g/mol. The molecule has 21 heavy (non-hydrogen) atoms. The number of hydrogen-bond donors (Lipinski definition) is 1. The number of carbonyl (C=O) groups excluding carboxylic acids is 1. The van der Waals surface area contributed by atoms with Crippen molar-refractivity contribution < 1.29 is 9.53 Å². The Morgan fingerprint density at radius 1 is 1.43 bits per heavy atom. The van der Waals surface area contributed by atoms with Gasteiger partial charge in [-0.05, 0) is 37.6 Å². The van der Waals surface area contributed by atoms with Crippen LogP contribution in [0.3, 0.4) is 0 Å². The third-order valence-corrected chi connectivity index (χ3v) is 4.69. The Labute approximate surface area is 134 Å². The number of ether oxygens (including phenoxy) is 1. The van der Waals surface area contributed by atoms with Crippen LogP contribution in [0, 0.1) is 0 Å². The summed E-state index contributed by atoms with van der Waals surface area (Å²) in [6.07, 6.45) is 2.50. The molecule has 0 aliphatic carbocycles. The van der Waals surface area contributed by atoms with Crippen molar-refractivity contribution in [2.24, 2.45) is 0 Å². The van der Waals surface area contributed by atoms with Crippen molar-refractivity contribution in [3.05, 3.63) is 33.8 Å². The van der Waals surface area contributed by atoms with E-state index in [1.807, 2.05) is 0 Å². The van der Waals surface area contributed by atoms with E-state index in [1.165, 1.54) is 12.8 Å². The number of amides is 1. The van der Waals surface area contributed by atoms with Crippen LogP contribution in [-0.4, -0.2) is 49.2 Å². The number of rotatable bonds is 3. The molecular formula is C15H18Cl2N2O2. The van der Waals surface area contributed by atoms with Gasteiger partial charge < -0.3 is 10.1 Å². The van der Waals surface area contributed by atoms with Crippen LogP contribution in [-0.2, 0) is 4.74 Å². The second-order valence-electron chi connectivity index (χ2n) is 5.58. The molecule has 0 unspecified atom stereocenters. The summed E-state index contributed by atoms with van der Waals surface area (Å²) in [6, 6.07) is 5.44. The highest BCUT2D eigenvalue weighted by atomic mass is 35.5. The summed E-state index contributed by atoms with van der Waals surface area (Å²) in [5.74, 6) is -0.213. The highest BCUT2D eigenvalue weighted by molar-refractivity contribution is 6.35. The van der Waals surface area contributed by atoms with E-state index >= 15 is 0 Å². The summed E-state index contributed by atoms with van der Waals surface area (Å²) in [6.45, 7) is 3.27. The standard InChI is InChI=1S/C15H18Cl2N2O2/c16-10-3-4-14(17)13(6-10)15(20)18-7-12-8-19-5-1-2-11(19)9-21-12/h3-4,6,11-12H,1-2,5,7-9H2,(H,18,20)/t11-,12+/m0/s1. The molecule has 2 fully saturated rings. The Morgan fingerprint density at radius 2 is 2.29 bits per heavy atom. The Bertz CT molecular complexity index is 538. The quantitative estimate of drug-likeness (QED) is 0.927. The fourth-order valence-corrected chi connectivity index (χ4v) is 3.36. The summed E-state index contributed by atoms with van der Waals surface area (Å²) in [5.41, 5.74) is 0.402. The van der Waals surface area contributed by atoms with Crippen LogP contribution in [0.2, 0.25) is 10.0 Å². The lowest BCUT2D eigenvalue weighted by Gasteiger charge is -2.35. The zero-order valence-electron chi connectivity index (χ0n) is 11.6. The van der Waals surface area contributed by atoms with Crippen molar-refractivity contribution in [3.8, 4) is 0 Å². The predicted molar refractivity (Wildman–Crippen MR) is 83.1 cm³/mol. The Morgan fingerprint density at radius 3 is 3.14 bits per heavy atom. The number of carbonyl (C=O) groups is 1. The average molecular weight is 329 g/mol. The van der Waals surface area contributed by atoms with Gasteiger partial charge in [0.2, 0.25) is 0 Å². The van der Waals surface area contributed by atoms with E-state index in [0.29, 0.717) is 28.2 Å². The third-order valence-electron chi connectivity index (χ3n) is 4.12. The molecule has 1 N–H and O–H groups in total. The smallest absolute Gasteiger partial charge is 0.252 e. The van der Waals surface area contributed by atoms with E-state index in [-0.39, 0.29) is 12.0 Å². The molecule has 6 heteroatoms. The molecule has 4 nitrogen and oxygen atoms in total. The van der Waals surface area contributed by atoms with Gasteiger partial charge in [0, 0.05) is 24.2 Å². The van der Waals surface area contributed by atoms with Gasteiger partial charge >= 0.3 is 0 Å². The molecule has 2 saturated heterocycles. The third kappa shape index (κ3) is 3.51. The molecule has 114 valence electrons. The van der Waals surface area contributed by atoms with Gasteiger partial charge in [-0.2, -0.15) is 0 Å². The van der Waals surface area contributed by atoms with E-state index in [4.69, 9.17) is 27.9 Å². The number of nitrogens with one attached hydrogen (secondary N) is 1. The maximum Gasteiger partial charge on any atom is 0.252 e. The number of fused-ring (bicyclic) bond motifs is 1. The van der Waals surface area contributed by atoms with Gasteiger partial charge in [-0.15, -0.1) is 0 Å². The number of halogens is 2. The lowest BCUT2D eigenvalue weighted by molar-refractivity contribution is -0.0461. The van der Waals surface area contributed by atoms with Gasteiger partial charge in [0.05, 0.1) is 23.3 Å². The molecule has 0 aromatic heterocycles. The first kappa shape index (κ1) is 15.1. The Kier molecular flexibility index (Phi) is 4.69. The fraction of sp³-hybridized carbons (Fsp3) is 0.533. The average Bonchev–Trinajstić information content (AvgIpc) is 2.94. The van der Waals surface area contributed by atoms with Gasteiger partial charge in [0.1, 0.15) is 0 Å². The van der Waals surface area contributed by atoms with Crippen molar-refractivity contribution in [1.82, 2.24) is 10.2 Å². The van der Waals surface area contributed by atoms with Crippen LogP contribution < -0.4 is 5.32 Å². The van der Waals surface area contributed by atoms with Crippen LogP contribution in [0.25, 0.3) is 0 Å². The molecule has 0 spiro atoms. The SMILES string of the molecule is O=C(NC[C@@H]1CN2CCC[C@H]2CO1)c1cc(Cl)ccc1Cl. The molecule has 2 atom stereocenters. The van der Waals surface area contributed by atoms with Gasteiger partial charge in [0.15, 0.2) is 0 Å². The summed E-state index contributed by atoms with van der Waals surface area (Å²) < 4.78 is 5.82. The van der Waals surface area contributed by atoms with Crippen molar-refractivity contribution in [1.29, 1.82) is 0 Å². The normalized spacial score (nSPS) is 25.6. The first-order valence-corrected chi connectivity index (χ1v) is 7.98. The molecular weight excluding hydrogens is 311 g/mol. The Hall–Kier alpha value is -0.810. The van der Waals surface area contributed by atoms with Crippen LogP contribution in [0.5, 0.6) is 0 Å². The minimum Gasteiger partial charge on any atom is -0.373 e. The van der Waals surface area contributed by atoms with Crippen LogP contribution >= 0.6 is 23.2 Å². The van der Waals surface area contributed by atoms with Crippen LogP contribution in [0.15, 0.2) is 18.2 Å². The predicted octanol–water partition coefficient (Wildman–Crippen LogP) is 2.59. The second-order valence-corrected chi connectivity index (χ2v) is 6.42. The molecule has 0 radical (unpaired) electrons. The van der Waals surface area contributed by atoms with Crippen molar-refractivity contribution in [3.63, 3.8) is 0 Å². The number of nitrogens with zero attached hydrogens (tertiary/aromatic N) is 1. The molecule has 2 heterocycles. The zero-order valence-corrected chi connectivity index (χ0v) is 13.2. The fourth-order valence-electron chi connectivity index (χ4n) is 2.98.